The Bertz CT molecular complexity index is 674. The lowest BCUT2D eigenvalue weighted by Crippen LogP contribution is -2.10. The molecule has 2 rings (SSSR count). The van der Waals surface area contributed by atoms with Crippen molar-refractivity contribution in [3.63, 3.8) is 0 Å². The van der Waals surface area contributed by atoms with Crippen molar-refractivity contribution in [2.45, 2.75) is 26.7 Å². The molecular weight excluding hydrogens is 242 g/mol. The van der Waals surface area contributed by atoms with E-state index in [9.17, 15) is 13.6 Å². The molecule has 2 aromatic rings. The van der Waals surface area contributed by atoms with Gasteiger partial charge in [-0.05, 0) is 25.0 Å². The van der Waals surface area contributed by atoms with Gasteiger partial charge < -0.3 is 9.52 Å². The summed E-state index contributed by atoms with van der Waals surface area (Å²) in [5, 5.41) is 9.32. The molecule has 96 valence electrons. The Labute approximate surface area is 102 Å². The summed E-state index contributed by atoms with van der Waals surface area (Å²) in [5.41, 5.74) is -0.154. The van der Waals surface area contributed by atoms with Crippen LogP contribution in [0.3, 0.4) is 0 Å². The highest BCUT2D eigenvalue weighted by molar-refractivity contribution is 5.83. The van der Waals surface area contributed by atoms with Crippen LogP contribution in [0.15, 0.2) is 15.3 Å². The molecule has 1 aromatic heterocycles. The van der Waals surface area contributed by atoms with Crippen LogP contribution in [0.1, 0.15) is 24.5 Å². The van der Waals surface area contributed by atoms with Crippen molar-refractivity contribution in [3.05, 3.63) is 39.2 Å². The SMILES string of the molecule is CCCc1c(C)c2cc(F)c(O)c(F)c2oc1=O. The molecule has 0 aliphatic carbocycles. The molecule has 1 heterocycles. The fraction of sp³-hybridized carbons (Fsp3) is 0.308. The molecule has 1 N–H and O–H groups in total. The number of rotatable bonds is 2. The maximum absolute atomic E-state index is 13.6. The smallest absolute Gasteiger partial charge is 0.339 e. The summed E-state index contributed by atoms with van der Waals surface area (Å²) >= 11 is 0. The Balaban J connectivity index is 2.91. The molecule has 18 heavy (non-hydrogen) atoms. The van der Waals surface area contributed by atoms with Crippen LogP contribution in [0, 0.1) is 18.6 Å². The molecule has 0 spiro atoms. The average molecular weight is 254 g/mol. The second kappa shape index (κ2) is 4.40. The van der Waals surface area contributed by atoms with E-state index in [0.717, 1.165) is 12.5 Å². The number of phenolic OH excluding ortho intramolecular Hbond substituents is 1. The minimum absolute atomic E-state index is 0.172. The van der Waals surface area contributed by atoms with Crippen LogP contribution in [-0.2, 0) is 6.42 Å². The van der Waals surface area contributed by atoms with E-state index in [0.29, 0.717) is 17.5 Å². The number of aromatic hydroxyl groups is 1. The first-order valence-electron chi connectivity index (χ1n) is 5.60. The summed E-state index contributed by atoms with van der Waals surface area (Å²) in [7, 11) is 0. The molecule has 1 aromatic carbocycles. The molecule has 0 saturated carbocycles. The number of halogens is 2. The number of hydrogen-bond donors (Lipinski definition) is 1. The predicted molar refractivity (Wildman–Crippen MR) is 62.8 cm³/mol. The molecule has 3 nitrogen and oxygen atoms in total. The molecule has 0 aliphatic heterocycles. The van der Waals surface area contributed by atoms with Crippen LogP contribution in [-0.4, -0.2) is 5.11 Å². The average Bonchev–Trinajstić information content (AvgIpc) is 2.34. The summed E-state index contributed by atoms with van der Waals surface area (Å²) < 4.78 is 31.7. The monoisotopic (exact) mass is 254 g/mol. The standard InChI is InChI=1S/C13H12F2O3/c1-3-4-7-6(2)8-5-9(14)11(16)10(15)12(8)18-13(7)17/h5,16H,3-4H2,1-2H3. The number of aryl methyl sites for hydroxylation is 1. The van der Waals surface area contributed by atoms with Gasteiger partial charge in [-0.3, -0.25) is 0 Å². The zero-order valence-corrected chi connectivity index (χ0v) is 10.0. The first-order chi connectivity index (χ1) is 8.47. The summed E-state index contributed by atoms with van der Waals surface area (Å²) in [6.45, 7) is 3.50. The van der Waals surface area contributed by atoms with Gasteiger partial charge in [0.1, 0.15) is 0 Å². The molecule has 0 saturated heterocycles. The minimum Gasteiger partial charge on any atom is -0.503 e. The first-order valence-corrected chi connectivity index (χ1v) is 5.60. The lowest BCUT2D eigenvalue weighted by Gasteiger charge is -2.08. The molecule has 0 aliphatic rings. The van der Waals surface area contributed by atoms with Gasteiger partial charge in [-0.1, -0.05) is 13.3 Å². The lowest BCUT2D eigenvalue weighted by molar-refractivity contribution is 0.392. The van der Waals surface area contributed by atoms with Crippen LogP contribution >= 0.6 is 0 Å². The van der Waals surface area contributed by atoms with Crippen molar-refractivity contribution in [1.82, 2.24) is 0 Å². The highest BCUT2D eigenvalue weighted by Crippen LogP contribution is 2.30. The summed E-state index contributed by atoms with van der Waals surface area (Å²) in [4.78, 5) is 11.7. The van der Waals surface area contributed by atoms with Crippen molar-refractivity contribution in [3.8, 4) is 5.75 Å². The molecular formula is C13H12F2O3. The minimum atomic E-state index is -1.24. The van der Waals surface area contributed by atoms with Crippen molar-refractivity contribution in [2.24, 2.45) is 0 Å². The summed E-state index contributed by atoms with van der Waals surface area (Å²) in [6.07, 6.45) is 1.20. The Kier molecular flexibility index (Phi) is 3.07. The molecule has 0 bridgehead atoms. The van der Waals surface area contributed by atoms with Gasteiger partial charge in [0.25, 0.3) is 0 Å². The van der Waals surface area contributed by atoms with Crippen LogP contribution in [0.4, 0.5) is 8.78 Å². The zero-order chi connectivity index (χ0) is 13.4. The lowest BCUT2D eigenvalue weighted by atomic mass is 10.0. The maximum Gasteiger partial charge on any atom is 0.339 e. The third-order valence-electron chi connectivity index (χ3n) is 2.95. The second-order valence-corrected chi connectivity index (χ2v) is 4.14. The van der Waals surface area contributed by atoms with E-state index in [4.69, 9.17) is 9.52 Å². The number of phenols is 1. The predicted octanol–water partition coefficient (Wildman–Crippen LogP) is 3.04. The molecule has 0 atom stereocenters. The van der Waals surface area contributed by atoms with E-state index in [1.807, 2.05) is 6.92 Å². The fourth-order valence-corrected chi connectivity index (χ4v) is 1.98. The van der Waals surface area contributed by atoms with Gasteiger partial charge >= 0.3 is 5.63 Å². The highest BCUT2D eigenvalue weighted by Gasteiger charge is 2.19. The zero-order valence-electron chi connectivity index (χ0n) is 10.0. The van der Waals surface area contributed by atoms with E-state index in [2.05, 4.69) is 0 Å². The highest BCUT2D eigenvalue weighted by atomic mass is 19.1. The van der Waals surface area contributed by atoms with Gasteiger partial charge in [-0.2, -0.15) is 4.39 Å². The van der Waals surface area contributed by atoms with E-state index in [-0.39, 0.29) is 5.39 Å². The Morgan fingerprint density at radius 2 is 2.06 bits per heavy atom. The van der Waals surface area contributed by atoms with Gasteiger partial charge in [0.15, 0.2) is 17.1 Å². The van der Waals surface area contributed by atoms with E-state index in [1.165, 1.54) is 0 Å². The normalized spacial score (nSPS) is 11.1. The summed E-state index contributed by atoms with van der Waals surface area (Å²) in [5.74, 6) is -3.44. The third-order valence-corrected chi connectivity index (χ3v) is 2.95. The van der Waals surface area contributed by atoms with E-state index >= 15 is 0 Å². The molecule has 0 amide bonds. The van der Waals surface area contributed by atoms with Gasteiger partial charge in [-0.15, -0.1) is 0 Å². The van der Waals surface area contributed by atoms with Crippen LogP contribution < -0.4 is 5.63 Å². The van der Waals surface area contributed by atoms with Crippen molar-refractivity contribution in [1.29, 1.82) is 0 Å². The van der Waals surface area contributed by atoms with Crippen molar-refractivity contribution < 1.29 is 18.3 Å². The van der Waals surface area contributed by atoms with Crippen LogP contribution in [0.25, 0.3) is 11.0 Å². The quantitative estimate of drug-likeness (QED) is 0.838. The van der Waals surface area contributed by atoms with Crippen LogP contribution in [0.5, 0.6) is 5.75 Å². The Morgan fingerprint density at radius 1 is 1.39 bits per heavy atom. The molecule has 5 heteroatoms. The molecule has 0 radical (unpaired) electrons. The van der Waals surface area contributed by atoms with Crippen LogP contribution in [0.2, 0.25) is 0 Å². The van der Waals surface area contributed by atoms with Gasteiger partial charge in [-0.25, -0.2) is 9.18 Å². The second-order valence-electron chi connectivity index (χ2n) is 4.14. The van der Waals surface area contributed by atoms with E-state index < -0.39 is 28.6 Å². The fourth-order valence-electron chi connectivity index (χ4n) is 1.98. The van der Waals surface area contributed by atoms with Crippen molar-refractivity contribution in [2.75, 3.05) is 0 Å². The molecule has 0 unspecified atom stereocenters. The van der Waals surface area contributed by atoms with E-state index in [1.54, 1.807) is 6.92 Å². The maximum atomic E-state index is 13.6. The first kappa shape index (κ1) is 12.5. The topological polar surface area (TPSA) is 50.4 Å². The Morgan fingerprint density at radius 3 is 2.67 bits per heavy atom. The number of hydrogen-bond acceptors (Lipinski definition) is 3. The van der Waals surface area contributed by atoms with Gasteiger partial charge in [0, 0.05) is 10.9 Å². The Hall–Kier alpha value is -1.91. The largest absolute Gasteiger partial charge is 0.503 e. The summed E-state index contributed by atoms with van der Waals surface area (Å²) in [6, 6.07) is 0.977. The number of fused-ring (bicyclic) bond motifs is 1. The molecule has 0 fully saturated rings. The van der Waals surface area contributed by atoms with Gasteiger partial charge in [0.2, 0.25) is 5.82 Å². The number of benzene rings is 1. The van der Waals surface area contributed by atoms with Gasteiger partial charge in [0.05, 0.1) is 0 Å². The third kappa shape index (κ3) is 1.75. The van der Waals surface area contributed by atoms with Crippen molar-refractivity contribution >= 4 is 11.0 Å².